The second kappa shape index (κ2) is 7.28. The zero-order chi connectivity index (χ0) is 19.0. The van der Waals surface area contributed by atoms with Gasteiger partial charge in [0.1, 0.15) is 5.69 Å². The van der Waals surface area contributed by atoms with Gasteiger partial charge in [0.2, 0.25) is 0 Å². The molecule has 0 bridgehead atoms. The first-order valence-corrected chi connectivity index (χ1v) is 10.1. The van der Waals surface area contributed by atoms with Crippen molar-refractivity contribution in [3.05, 3.63) is 56.6 Å². The van der Waals surface area contributed by atoms with E-state index in [0.29, 0.717) is 12.2 Å². The summed E-state index contributed by atoms with van der Waals surface area (Å²) in [4.78, 5) is 33.5. The number of fused-ring (bicyclic) bond motifs is 1. The predicted molar refractivity (Wildman–Crippen MR) is 107 cm³/mol. The summed E-state index contributed by atoms with van der Waals surface area (Å²) in [6.45, 7) is 2.27. The van der Waals surface area contributed by atoms with E-state index in [1.807, 2.05) is 24.4 Å². The van der Waals surface area contributed by atoms with Crippen molar-refractivity contribution in [2.45, 2.75) is 13.3 Å². The number of carbonyl (C=O) groups excluding carboxylic acids is 2. The number of hydrogen-bond donors (Lipinski definition) is 1. The lowest BCUT2D eigenvalue weighted by Crippen LogP contribution is -2.33. The van der Waals surface area contributed by atoms with Crippen LogP contribution in [0.4, 0.5) is 5.69 Å². The van der Waals surface area contributed by atoms with E-state index in [9.17, 15) is 9.59 Å². The van der Waals surface area contributed by atoms with Crippen LogP contribution >= 0.6 is 27.3 Å². The Kier molecular flexibility index (Phi) is 4.84. The van der Waals surface area contributed by atoms with Gasteiger partial charge in [0.25, 0.3) is 5.91 Å². The molecule has 2 aromatic heterocycles. The molecule has 0 saturated carbocycles. The number of hydrogen-bond acceptors (Lipinski definition) is 5. The number of aryl methyl sites for hydroxylation is 1. The Hall–Kier alpha value is -2.45. The number of amides is 1. The fraction of sp³-hybridized carbons (Fsp3) is 0.211. The van der Waals surface area contributed by atoms with E-state index >= 15 is 0 Å². The van der Waals surface area contributed by atoms with Crippen LogP contribution in [0.5, 0.6) is 0 Å². The number of H-pyrrole nitrogens is 1. The van der Waals surface area contributed by atoms with Crippen LogP contribution in [0.3, 0.4) is 0 Å². The Bertz CT molecular complexity index is 1030. The Morgan fingerprint density at radius 3 is 2.93 bits per heavy atom. The molecule has 1 amide bonds. The minimum absolute atomic E-state index is 0.232. The van der Waals surface area contributed by atoms with Gasteiger partial charge in [0, 0.05) is 33.8 Å². The minimum atomic E-state index is -0.553. The number of thiazole rings is 1. The van der Waals surface area contributed by atoms with Crippen molar-refractivity contribution >= 4 is 44.8 Å². The van der Waals surface area contributed by atoms with Crippen molar-refractivity contribution in [2.24, 2.45) is 0 Å². The summed E-state index contributed by atoms with van der Waals surface area (Å²) in [5.74, 6) is -0.785. The third kappa shape index (κ3) is 3.68. The summed E-state index contributed by atoms with van der Waals surface area (Å²) in [6.07, 6.45) is 2.41. The van der Waals surface area contributed by atoms with Gasteiger partial charge in [-0.3, -0.25) is 4.79 Å². The van der Waals surface area contributed by atoms with Gasteiger partial charge < -0.3 is 14.6 Å². The second-order valence-electron chi connectivity index (χ2n) is 6.20. The maximum absolute atomic E-state index is 12.5. The first-order chi connectivity index (χ1) is 13.0. The lowest BCUT2D eigenvalue weighted by molar-refractivity contribution is -0.121. The fourth-order valence-electron chi connectivity index (χ4n) is 3.08. The number of anilines is 1. The molecule has 0 spiro atoms. The third-order valence-corrected chi connectivity index (χ3v) is 5.62. The largest absolute Gasteiger partial charge is 0.451 e. The van der Waals surface area contributed by atoms with Gasteiger partial charge in [-0.1, -0.05) is 6.07 Å². The highest BCUT2D eigenvalue weighted by molar-refractivity contribution is 9.10. The number of rotatable bonds is 4. The third-order valence-electron chi connectivity index (χ3n) is 4.39. The number of benzene rings is 1. The maximum Gasteiger partial charge on any atom is 0.355 e. The van der Waals surface area contributed by atoms with Crippen molar-refractivity contribution in [2.75, 3.05) is 18.1 Å². The van der Waals surface area contributed by atoms with E-state index in [-0.39, 0.29) is 12.5 Å². The Morgan fingerprint density at radius 1 is 1.37 bits per heavy atom. The Balaban J connectivity index is 1.44. The quantitative estimate of drug-likeness (QED) is 0.616. The summed E-state index contributed by atoms with van der Waals surface area (Å²) < 4.78 is 5.89. The van der Waals surface area contributed by atoms with Gasteiger partial charge >= 0.3 is 5.97 Å². The van der Waals surface area contributed by atoms with Gasteiger partial charge in [-0.15, -0.1) is 11.3 Å². The average Bonchev–Trinajstić information content (AvgIpc) is 3.38. The van der Waals surface area contributed by atoms with Crippen molar-refractivity contribution in [1.82, 2.24) is 9.97 Å². The molecular formula is C19H16BrN3O3S. The molecule has 0 unspecified atom stereocenters. The van der Waals surface area contributed by atoms with Gasteiger partial charge in [0.05, 0.1) is 10.7 Å². The second-order valence-corrected chi connectivity index (χ2v) is 8.18. The van der Waals surface area contributed by atoms with E-state index in [1.54, 1.807) is 28.5 Å². The zero-order valence-corrected chi connectivity index (χ0v) is 16.9. The van der Waals surface area contributed by atoms with Gasteiger partial charge in [0.15, 0.2) is 6.61 Å². The van der Waals surface area contributed by atoms with Crippen LogP contribution in [0.2, 0.25) is 0 Å². The minimum Gasteiger partial charge on any atom is -0.451 e. The Morgan fingerprint density at radius 2 is 2.22 bits per heavy atom. The van der Waals surface area contributed by atoms with Crippen molar-refractivity contribution in [3.8, 4) is 11.3 Å². The topological polar surface area (TPSA) is 75.3 Å². The lowest BCUT2D eigenvalue weighted by Gasteiger charge is -2.17. The maximum atomic E-state index is 12.5. The van der Waals surface area contributed by atoms with Gasteiger partial charge in [-0.25, -0.2) is 9.78 Å². The molecule has 3 heterocycles. The molecule has 0 saturated heterocycles. The number of nitrogens with one attached hydrogen (secondary N) is 1. The Labute approximate surface area is 168 Å². The molecule has 4 rings (SSSR count). The molecule has 138 valence electrons. The molecular weight excluding hydrogens is 430 g/mol. The number of halogens is 1. The van der Waals surface area contributed by atoms with E-state index in [1.165, 1.54) is 0 Å². The van der Waals surface area contributed by atoms with E-state index < -0.39 is 5.97 Å². The summed E-state index contributed by atoms with van der Waals surface area (Å²) in [5.41, 5.74) is 4.28. The van der Waals surface area contributed by atoms with E-state index in [0.717, 1.165) is 38.4 Å². The van der Waals surface area contributed by atoms with Crippen LogP contribution < -0.4 is 4.90 Å². The molecule has 6 nitrogen and oxygen atoms in total. The lowest BCUT2D eigenvalue weighted by atomic mass is 10.1. The standard InChI is InChI=1S/C19H16BrN3O3S/c1-11-22-16(10-27-11)12-2-3-17-13(6-12)4-5-23(17)18(24)9-26-19(25)15-7-14(20)8-21-15/h2-3,6-8,10,21H,4-5,9H2,1H3. The van der Waals surface area contributed by atoms with E-state index in [4.69, 9.17) is 4.74 Å². The van der Waals surface area contributed by atoms with Crippen LogP contribution in [0, 0.1) is 6.92 Å². The van der Waals surface area contributed by atoms with Crippen LogP contribution in [-0.2, 0) is 16.0 Å². The molecule has 1 aromatic carbocycles. The molecule has 3 aromatic rings. The summed E-state index contributed by atoms with van der Waals surface area (Å²) in [7, 11) is 0. The van der Waals surface area contributed by atoms with E-state index in [2.05, 4.69) is 32.0 Å². The highest BCUT2D eigenvalue weighted by Crippen LogP contribution is 2.32. The summed E-state index contributed by atoms with van der Waals surface area (Å²) >= 11 is 4.88. The predicted octanol–water partition coefficient (Wildman–Crippen LogP) is 3.96. The number of carbonyl (C=O) groups is 2. The molecule has 27 heavy (non-hydrogen) atoms. The molecule has 0 atom stereocenters. The first kappa shape index (κ1) is 17.9. The molecule has 0 radical (unpaired) electrons. The number of ether oxygens (including phenoxy) is 1. The van der Waals surface area contributed by atoms with Gasteiger partial charge in [-0.05, 0) is 53.0 Å². The zero-order valence-electron chi connectivity index (χ0n) is 14.5. The molecule has 8 heteroatoms. The molecule has 0 aliphatic carbocycles. The SMILES string of the molecule is Cc1nc(-c2ccc3c(c2)CCN3C(=O)COC(=O)c2cc(Br)c[nH]2)cs1. The number of esters is 1. The van der Waals surface area contributed by atoms with Crippen molar-refractivity contribution in [1.29, 1.82) is 0 Å². The van der Waals surface area contributed by atoms with Crippen LogP contribution in [0.25, 0.3) is 11.3 Å². The molecule has 1 aliphatic rings. The molecule has 1 aliphatic heterocycles. The summed E-state index contributed by atoms with van der Waals surface area (Å²) in [5, 5.41) is 3.06. The molecule has 0 fully saturated rings. The van der Waals surface area contributed by atoms with Crippen LogP contribution in [0.15, 0.2) is 40.3 Å². The number of aromatic amines is 1. The smallest absolute Gasteiger partial charge is 0.355 e. The highest BCUT2D eigenvalue weighted by atomic mass is 79.9. The first-order valence-electron chi connectivity index (χ1n) is 8.38. The normalized spacial score (nSPS) is 12.9. The average molecular weight is 446 g/mol. The molecule has 1 N–H and O–H groups in total. The van der Waals surface area contributed by atoms with Gasteiger partial charge in [-0.2, -0.15) is 0 Å². The van der Waals surface area contributed by atoms with Crippen molar-refractivity contribution in [3.63, 3.8) is 0 Å². The summed E-state index contributed by atoms with van der Waals surface area (Å²) in [6, 6.07) is 7.61. The number of nitrogens with zero attached hydrogens (tertiary/aromatic N) is 2. The van der Waals surface area contributed by atoms with Crippen LogP contribution in [-0.4, -0.2) is 35.0 Å². The van der Waals surface area contributed by atoms with Crippen LogP contribution in [0.1, 0.15) is 21.1 Å². The monoisotopic (exact) mass is 445 g/mol. The van der Waals surface area contributed by atoms with Crippen molar-refractivity contribution < 1.29 is 14.3 Å². The number of aromatic nitrogens is 2. The fourth-order valence-corrected chi connectivity index (χ4v) is 4.05. The highest BCUT2D eigenvalue weighted by Gasteiger charge is 2.26.